The van der Waals surface area contributed by atoms with Gasteiger partial charge in [0.05, 0.1) is 6.42 Å². The highest BCUT2D eigenvalue weighted by atomic mass is 32.2. The fraction of sp³-hybridized carbons (Fsp3) is 0.529. The van der Waals surface area contributed by atoms with Gasteiger partial charge in [-0.1, -0.05) is 55.9 Å². The van der Waals surface area contributed by atoms with Crippen LogP contribution in [0.1, 0.15) is 32.3 Å². The Morgan fingerprint density at radius 3 is 2.55 bits per heavy atom. The van der Waals surface area contributed by atoms with E-state index in [1.165, 1.54) is 5.56 Å². The van der Waals surface area contributed by atoms with E-state index in [1.54, 1.807) is 18.8 Å². The summed E-state index contributed by atoms with van der Waals surface area (Å²) in [6, 6.07) is 10.1. The molecule has 1 aromatic carbocycles. The number of aliphatic imine (C=N–C) groups is 1. The number of carbonyl (C=O) groups is 1. The van der Waals surface area contributed by atoms with Crippen LogP contribution in [0.25, 0.3) is 0 Å². The van der Waals surface area contributed by atoms with Crippen LogP contribution in [0.3, 0.4) is 0 Å². The fourth-order valence-electron chi connectivity index (χ4n) is 1.96. The van der Waals surface area contributed by atoms with Crippen molar-refractivity contribution in [2.45, 2.75) is 33.2 Å². The normalized spacial score (nSPS) is 11.7. The van der Waals surface area contributed by atoms with Gasteiger partial charge < -0.3 is 10.0 Å². The Bertz CT molecular complexity index is 475. The molecule has 0 radical (unpaired) electrons. The second-order valence-corrected chi connectivity index (χ2v) is 6.65. The maximum Gasteiger partial charge on any atom is 0.305 e. The number of amidine groups is 1. The molecule has 1 aromatic rings. The lowest BCUT2D eigenvalue weighted by Gasteiger charge is -2.25. The summed E-state index contributed by atoms with van der Waals surface area (Å²) in [6.07, 6.45) is 1.25. The molecule has 22 heavy (non-hydrogen) atoms. The number of hydrogen-bond acceptors (Lipinski definition) is 3. The molecule has 0 spiro atoms. The Kier molecular flexibility index (Phi) is 8.67. The third-order valence-electron chi connectivity index (χ3n) is 3.20. The van der Waals surface area contributed by atoms with E-state index >= 15 is 0 Å². The Morgan fingerprint density at radius 1 is 1.32 bits per heavy atom. The number of thioether (sulfide) groups is 1. The standard InChI is InChI=1S/C17H26N2O2S/c1-14(2)10-12-22-17(18-3)19(11-9-16(20)21)13-15-7-5-4-6-8-15/h4-8,14H,9-13H2,1-3H3,(H,20,21)/b18-17-. The van der Waals surface area contributed by atoms with Gasteiger partial charge in [0.25, 0.3) is 0 Å². The van der Waals surface area contributed by atoms with Crippen LogP contribution in [-0.4, -0.2) is 40.5 Å². The minimum absolute atomic E-state index is 0.122. The molecule has 0 aliphatic heterocycles. The second kappa shape index (κ2) is 10.3. The quantitative estimate of drug-likeness (QED) is 0.585. The summed E-state index contributed by atoms with van der Waals surface area (Å²) in [5, 5.41) is 9.88. The van der Waals surface area contributed by atoms with Gasteiger partial charge in [0.2, 0.25) is 0 Å². The Morgan fingerprint density at radius 2 is 2.00 bits per heavy atom. The van der Waals surface area contributed by atoms with Crippen molar-refractivity contribution >= 4 is 22.9 Å². The molecule has 0 atom stereocenters. The number of rotatable bonds is 8. The SMILES string of the molecule is C/N=C(\SCCC(C)C)N(CCC(=O)O)Cc1ccccc1. The molecule has 0 aliphatic rings. The largest absolute Gasteiger partial charge is 0.481 e. The van der Waals surface area contributed by atoms with Crippen LogP contribution in [-0.2, 0) is 11.3 Å². The first kappa shape index (κ1) is 18.6. The van der Waals surface area contributed by atoms with Gasteiger partial charge in [0, 0.05) is 25.9 Å². The molecule has 5 heteroatoms. The lowest BCUT2D eigenvalue weighted by atomic mass is 10.2. The van der Waals surface area contributed by atoms with Crippen molar-refractivity contribution in [2.75, 3.05) is 19.3 Å². The Hall–Kier alpha value is -1.49. The van der Waals surface area contributed by atoms with Gasteiger partial charge >= 0.3 is 5.97 Å². The lowest BCUT2D eigenvalue weighted by molar-refractivity contribution is -0.137. The molecular formula is C17H26N2O2S. The van der Waals surface area contributed by atoms with Gasteiger partial charge in [-0.3, -0.25) is 9.79 Å². The summed E-state index contributed by atoms with van der Waals surface area (Å²) in [7, 11) is 1.77. The molecule has 4 nitrogen and oxygen atoms in total. The fourth-order valence-corrected chi connectivity index (χ4v) is 3.20. The summed E-state index contributed by atoms with van der Waals surface area (Å²) >= 11 is 1.71. The maximum absolute atomic E-state index is 10.9. The number of aliphatic carboxylic acids is 1. The minimum Gasteiger partial charge on any atom is -0.481 e. The zero-order valence-electron chi connectivity index (χ0n) is 13.7. The van der Waals surface area contributed by atoms with Gasteiger partial charge in [-0.25, -0.2) is 0 Å². The second-order valence-electron chi connectivity index (χ2n) is 5.59. The topological polar surface area (TPSA) is 52.9 Å². The van der Waals surface area contributed by atoms with Crippen LogP contribution >= 0.6 is 11.8 Å². The molecule has 0 unspecified atom stereocenters. The zero-order valence-corrected chi connectivity index (χ0v) is 14.5. The van der Waals surface area contributed by atoms with Crippen LogP contribution in [0.15, 0.2) is 35.3 Å². The average Bonchev–Trinajstić information content (AvgIpc) is 2.49. The predicted molar refractivity (Wildman–Crippen MR) is 94.4 cm³/mol. The van der Waals surface area contributed by atoms with Crippen molar-refractivity contribution in [3.63, 3.8) is 0 Å². The maximum atomic E-state index is 10.9. The molecule has 0 amide bonds. The van der Waals surface area contributed by atoms with E-state index in [9.17, 15) is 4.79 Å². The van der Waals surface area contributed by atoms with E-state index in [0.29, 0.717) is 19.0 Å². The summed E-state index contributed by atoms with van der Waals surface area (Å²) in [6.45, 7) is 5.58. The average molecular weight is 322 g/mol. The van der Waals surface area contributed by atoms with E-state index in [-0.39, 0.29) is 6.42 Å². The summed E-state index contributed by atoms with van der Waals surface area (Å²) in [4.78, 5) is 17.3. The molecule has 1 N–H and O–H groups in total. The van der Waals surface area contributed by atoms with Crippen molar-refractivity contribution in [3.8, 4) is 0 Å². The number of carboxylic acids is 1. The first-order valence-corrected chi connectivity index (χ1v) is 8.61. The molecule has 0 saturated carbocycles. The van der Waals surface area contributed by atoms with Crippen molar-refractivity contribution in [1.82, 2.24) is 4.90 Å². The van der Waals surface area contributed by atoms with E-state index in [1.807, 2.05) is 18.2 Å². The summed E-state index contributed by atoms with van der Waals surface area (Å²) in [5.74, 6) is 0.885. The summed E-state index contributed by atoms with van der Waals surface area (Å²) < 4.78 is 0. The summed E-state index contributed by atoms with van der Waals surface area (Å²) in [5.41, 5.74) is 1.17. The van der Waals surface area contributed by atoms with E-state index < -0.39 is 5.97 Å². The predicted octanol–water partition coefficient (Wildman–Crippen LogP) is 3.73. The van der Waals surface area contributed by atoms with Crippen molar-refractivity contribution in [1.29, 1.82) is 0 Å². The number of benzene rings is 1. The van der Waals surface area contributed by atoms with Gasteiger partial charge in [0.15, 0.2) is 5.17 Å². The molecule has 122 valence electrons. The van der Waals surface area contributed by atoms with Crippen LogP contribution < -0.4 is 0 Å². The first-order chi connectivity index (χ1) is 10.5. The van der Waals surface area contributed by atoms with Gasteiger partial charge in [-0.15, -0.1) is 0 Å². The lowest BCUT2D eigenvalue weighted by Crippen LogP contribution is -2.31. The highest BCUT2D eigenvalue weighted by molar-refractivity contribution is 8.13. The Balaban J connectivity index is 2.71. The number of carboxylic acid groups (broad SMARTS) is 1. The van der Waals surface area contributed by atoms with Gasteiger partial charge in [-0.05, 0) is 17.9 Å². The molecule has 0 bridgehead atoms. The van der Waals surface area contributed by atoms with Crippen LogP contribution in [0.2, 0.25) is 0 Å². The molecule has 1 rings (SSSR count). The van der Waals surface area contributed by atoms with E-state index in [2.05, 4.69) is 35.9 Å². The van der Waals surface area contributed by atoms with E-state index in [4.69, 9.17) is 5.11 Å². The highest BCUT2D eigenvalue weighted by Gasteiger charge is 2.14. The monoisotopic (exact) mass is 322 g/mol. The first-order valence-electron chi connectivity index (χ1n) is 7.63. The van der Waals surface area contributed by atoms with Crippen molar-refractivity contribution in [3.05, 3.63) is 35.9 Å². The molecule has 0 heterocycles. The molecule has 0 aliphatic carbocycles. The van der Waals surface area contributed by atoms with Gasteiger partial charge in [-0.2, -0.15) is 0 Å². The van der Waals surface area contributed by atoms with E-state index in [0.717, 1.165) is 17.3 Å². The van der Waals surface area contributed by atoms with Gasteiger partial charge in [0.1, 0.15) is 0 Å². The number of hydrogen-bond donors (Lipinski definition) is 1. The zero-order chi connectivity index (χ0) is 16.4. The molecular weight excluding hydrogens is 296 g/mol. The van der Waals surface area contributed by atoms with Crippen LogP contribution in [0, 0.1) is 5.92 Å². The van der Waals surface area contributed by atoms with Crippen LogP contribution in [0.4, 0.5) is 0 Å². The minimum atomic E-state index is -0.777. The number of nitrogens with zero attached hydrogens (tertiary/aromatic N) is 2. The molecule has 0 saturated heterocycles. The van der Waals surface area contributed by atoms with Crippen molar-refractivity contribution < 1.29 is 9.90 Å². The van der Waals surface area contributed by atoms with Crippen molar-refractivity contribution in [2.24, 2.45) is 10.9 Å². The Labute approximate surface area is 137 Å². The third kappa shape index (κ3) is 7.50. The molecule has 0 fully saturated rings. The smallest absolute Gasteiger partial charge is 0.305 e. The molecule has 0 aromatic heterocycles. The highest BCUT2D eigenvalue weighted by Crippen LogP contribution is 2.16. The van der Waals surface area contributed by atoms with Crippen LogP contribution in [0.5, 0.6) is 0 Å². The third-order valence-corrected chi connectivity index (χ3v) is 4.34.